The molecule has 2 aliphatic heterocycles. The maximum atomic E-state index is 4.44. The van der Waals surface area contributed by atoms with E-state index < -0.39 is 0 Å². The summed E-state index contributed by atoms with van der Waals surface area (Å²) in [6.07, 6.45) is 10.4. The summed E-state index contributed by atoms with van der Waals surface area (Å²) >= 11 is 0. The van der Waals surface area contributed by atoms with Crippen molar-refractivity contribution in [3.63, 3.8) is 0 Å². The molecule has 15 heavy (non-hydrogen) atoms. The fraction of sp³-hybridized carbons (Fsp3) is 0.333. The van der Waals surface area contributed by atoms with Crippen molar-refractivity contribution in [3.05, 3.63) is 42.2 Å². The smallest absolute Gasteiger partial charge is 0.415 e. The molecule has 2 heterocycles. The summed E-state index contributed by atoms with van der Waals surface area (Å²) < 4.78 is 0. The zero-order valence-electron chi connectivity index (χ0n) is 9.86. The fourth-order valence-electron chi connectivity index (χ4n) is 1.49. The first-order valence-corrected chi connectivity index (χ1v) is 4.95. The molecule has 0 unspecified atom stereocenters. The van der Waals surface area contributed by atoms with E-state index in [0.717, 1.165) is 11.9 Å². The van der Waals surface area contributed by atoms with Crippen LogP contribution in [0, 0.1) is 12.0 Å². The first kappa shape index (κ1) is 13.4. The third-order valence-electron chi connectivity index (χ3n) is 2.41. The van der Waals surface area contributed by atoms with Gasteiger partial charge in [0.25, 0.3) is 0 Å². The van der Waals surface area contributed by atoms with Crippen LogP contribution in [0.2, 0.25) is 0 Å². The molecule has 0 atom stereocenters. The minimum Gasteiger partial charge on any atom is -0.415 e. The number of allylic oxidation sites excluding steroid dienone is 2. The van der Waals surface area contributed by atoms with Gasteiger partial charge < -0.3 is 9.89 Å². The second-order valence-corrected chi connectivity index (χ2v) is 3.95. The minimum absolute atomic E-state index is 0. The molecule has 0 saturated carbocycles. The van der Waals surface area contributed by atoms with E-state index in [-0.39, 0.29) is 58.2 Å². The van der Waals surface area contributed by atoms with Crippen molar-refractivity contribution in [2.75, 3.05) is 0 Å². The second-order valence-electron chi connectivity index (χ2n) is 3.95. The van der Waals surface area contributed by atoms with Crippen LogP contribution >= 0.6 is 0 Å². The topological polar surface area (TPSA) is 15.6 Å². The van der Waals surface area contributed by atoms with Gasteiger partial charge in [0, 0.05) is 5.84 Å². The summed E-state index contributed by atoms with van der Waals surface area (Å²) in [6.45, 7) is 6.41. The van der Waals surface area contributed by atoms with E-state index in [9.17, 15) is 0 Å². The van der Waals surface area contributed by atoms with Gasteiger partial charge in [0.05, 0.1) is 0 Å². The second kappa shape index (κ2) is 5.62. The first-order chi connectivity index (χ1) is 6.66. The molecule has 2 nitrogen and oxygen atoms in total. The molecule has 0 aromatic heterocycles. The van der Waals surface area contributed by atoms with Gasteiger partial charge in [0.1, 0.15) is 0 Å². The summed E-state index contributed by atoms with van der Waals surface area (Å²) in [7, 11) is 0. The van der Waals surface area contributed by atoms with Crippen molar-refractivity contribution in [2.45, 2.75) is 20.8 Å². The monoisotopic (exact) mass is 272 g/mol. The van der Waals surface area contributed by atoms with E-state index >= 15 is 0 Å². The molecule has 0 aromatic carbocycles. The molecule has 2 aliphatic rings. The minimum atomic E-state index is 0. The van der Waals surface area contributed by atoms with Crippen LogP contribution in [0.15, 0.2) is 41.2 Å². The average molecular weight is 273 g/mol. The number of nitrogens with zero attached hydrogens (tertiary/aromatic N) is 2. The summed E-state index contributed by atoms with van der Waals surface area (Å²) in [6, 6.07) is 1.06. The number of fused-ring (bicyclic) bond motifs is 1. The Morgan fingerprint density at radius 3 is 2.73 bits per heavy atom. The molecule has 0 N–H and O–H groups in total. The van der Waals surface area contributed by atoms with Crippen molar-refractivity contribution in [2.24, 2.45) is 10.9 Å². The van der Waals surface area contributed by atoms with E-state index in [1.165, 1.54) is 5.57 Å². The number of hydrogen-bond acceptors (Lipinski definition) is 2. The molecule has 0 spiro atoms. The van der Waals surface area contributed by atoms with Gasteiger partial charge in [-0.25, -0.2) is 0 Å². The molecular formula is C12H15N2Rb. The summed E-state index contributed by atoms with van der Waals surface area (Å²) in [5, 5.41) is 0. The maximum Gasteiger partial charge on any atom is 1.00 e. The molecule has 2 rings (SSSR count). The Hall–Kier alpha value is 0.365. The SMILES string of the molecule is C[C-]1C=CN2C=C(C(C)C)C=CC2=N1.[Rb+]. The Balaban J connectivity index is 0.00000112. The van der Waals surface area contributed by atoms with Crippen LogP contribution in [-0.4, -0.2) is 10.7 Å². The van der Waals surface area contributed by atoms with Crippen LogP contribution in [0.4, 0.5) is 0 Å². The largest absolute Gasteiger partial charge is 1.00 e. The molecule has 74 valence electrons. The molecule has 0 aromatic rings. The van der Waals surface area contributed by atoms with Gasteiger partial charge in [0.2, 0.25) is 0 Å². The Labute approximate surface area is 141 Å². The van der Waals surface area contributed by atoms with E-state index in [4.69, 9.17) is 0 Å². The van der Waals surface area contributed by atoms with Crippen LogP contribution in [0.1, 0.15) is 20.8 Å². The quantitative estimate of drug-likeness (QED) is 0.608. The van der Waals surface area contributed by atoms with Gasteiger partial charge >= 0.3 is 58.2 Å². The van der Waals surface area contributed by atoms with Crippen LogP contribution in [0.25, 0.3) is 0 Å². The zero-order chi connectivity index (χ0) is 10.1. The molecule has 0 aliphatic carbocycles. The normalized spacial score (nSPS) is 18.4. The predicted molar refractivity (Wildman–Crippen MR) is 59.4 cm³/mol. The fourth-order valence-corrected chi connectivity index (χ4v) is 1.49. The van der Waals surface area contributed by atoms with Gasteiger partial charge in [-0.2, -0.15) is 0 Å². The van der Waals surface area contributed by atoms with E-state index in [0.29, 0.717) is 5.92 Å². The number of amidine groups is 1. The van der Waals surface area contributed by atoms with Crippen LogP contribution in [0.5, 0.6) is 0 Å². The maximum absolute atomic E-state index is 4.44. The van der Waals surface area contributed by atoms with Crippen molar-refractivity contribution < 1.29 is 58.2 Å². The van der Waals surface area contributed by atoms with Crippen molar-refractivity contribution in [1.29, 1.82) is 0 Å². The van der Waals surface area contributed by atoms with Gasteiger partial charge in [-0.1, -0.05) is 45.2 Å². The predicted octanol–water partition coefficient (Wildman–Crippen LogP) is -0.120. The van der Waals surface area contributed by atoms with E-state index in [1.807, 2.05) is 13.0 Å². The van der Waals surface area contributed by atoms with E-state index in [1.54, 1.807) is 0 Å². The number of hydrogen-bond donors (Lipinski definition) is 0. The molecule has 0 fully saturated rings. The Morgan fingerprint density at radius 1 is 1.33 bits per heavy atom. The number of rotatable bonds is 1. The molecule has 0 saturated heterocycles. The summed E-state index contributed by atoms with van der Waals surface area (Å²) in [5.41, 5.74) is 1.34. The third-order valence-corrected chi connectivity index (χ3v) is 2.41. The molecule has 0 radical (unpaired) electrons. The third kappa shape index (κ3) is 3.16. The Bertz CT molecular complexity index is 351. The molecule has 3 heteroatoms. The van der Waals surface area contributed by atoms with Gasteiger partial charge in [-0.15, -0.1) is 6.08 Å². The van der Waals surface area contributed by atoms with E-state index in [2.05, 4.69) is 48.3 Å². The van der Waals surface area contributed by atoms with Gasteiger partial charge in [-0.05, 0) is 17.7 Å². The standard InChI is InChI=1S/C12H15N2.Rb/c1-9(2)11-4-5-12-13-10(3)6-7-14(12)8-11;/h4-9H,1-3H3;/q-1;+1. The van der Waals surface area contributed by atoms with Crippen molar-refractivity contribution in [3.8, 4) is 0 Å². The van der Waals surface area contributed by atoms with Crippen molar-refractivity contribution >= 4 is 5.84 Å². The Kier molecular flexibility index (Phi) is 5.03. The van der Waals surface area contributed by atoms with Crippen LogP contribution in [-0.2, 0) is 0 Å². The average Bonchev–Trinajstić information content (AvgIpc) is 2.16. The van der Waals surface area contributed by atoms with Crippen LogP contribution in [0.3, 0.4) is 0 Å². The van der Waals surface area contributed by atoms with Gasteiger partial charge in [0.15, 0.2) is 0 Å². The summed E-state index contributed by atoms with van der Waals surface area (Å²) in [4.78, 5) is 6.51. The van der Waals surface area contributed by atoms with Crippen molar-refractivity contribution in [1.82, 2.24) is 4.90 Å². The summed E-state index contributed by atoms with van der Waals surface area (Å²) in [5.74, 6) is 1.57. The van der Waals surface area contributed by atoms with Crippen LogP contribution < -0.4 is 58.2 Å². The molecule has 0 bridgehead atoms. The molecule has 0 amide bonds. The van der Waals surface area contributed by atoms with Gasteiger partial charge in [-0.3, -0.25) is 0 Å². The number of aliphatic imine (C=N–C) groups is 1. The molecular weight excluding hydrogens is 258 g/mol. The first-order valence-electron chi connectivity index (χ1n) is 4.95. The Morgan fingerprint density at radius 2 is 2.07 bits per heavy atom. The zero-order valence-corrected chi connectivity index (χ0v) is 14.8.